The van der Waals surface area contributed by atoms with Crippen LogP contribution in [0.3, 0.4) is 0 Å². The summed E-state index contributed by atoms with van der Waals surface area (Å²) in [7, 11) is 2.05. The van der Waals surface area contributed by atoms with Gasteiger partial charge in [-0.25, -0.2) is 0 Å². The maximum Gasteiger partial charge on any atom is 0.224 e. The average Bonchev–Trinajstić information content (AvgIpc) is 3.21. The van der Waals surface area contributed by atoms with Crippen molar-refractivity contribution in [1.29, 1.82) is 0 Å². The maximum absolute atomic E-state index is 12.9. The molecule has 3 aliphatic rings. The van der Waals surface area contributed by atoms with Gasteiger partial charge in [0, 0.05) is 36.3 Å². The van der Waals surface area contributed by atoms with Crippen LogP contribution in [0.5, 0.6) is 0 Å². The zero-order valence-corrected chi connectivity index (χ0v) is 23.3. The topological polar surface area (TPSA) is 54.3 Å². The fraction of sp³-hybridized carbons (Fsp3) is 0.656. The first-order valence-electron chi connectivity index (χ1n) is 14.2. The molecule has 5 rings (SSSR count). The van der Waals surface area contributed by atoms with Crippen molar-refractivity contribution in [3.63, 3.8) is 0 Å². The molecule has 2 aromatic rings. The highest BCUT2D eigenvalue weighted by atomic mass is 16.3. The highest BCUT2D eigenvalue weighted by molar-refractivity contribution is 5.96. The zero-order chi connectivity index (χ0) is 25.8. The molecule has 5 atom stereocenters. The van der Waals surface area contributed by atoms with Gasteiger partial charge in [-0.05, 0) is 118 Å². The number of aryl methyl sites for hydroxylation is 2. The van der Waals surface area contributed by atoms with Gasteiger partial charge < -0.3 is 15.0 Å². The number of fused-ring (bicyclic) bond motifs is 4. The van der Waals surface area contributed by atoms with Crippen LogP contribution < -0.4 is 5.32 Å². The summed E-state index contributed by atoms with van der Waals surface area (Å²) in [6.07, 6.45) is 11.5. The first-order valence-corrected chi connectivity index (χ1v) is 14.2. The van der Waals surface area contributed by atoms with Crippen LogP contribution >= 0.6 is 0 Å². The Bertz CT molecular complexity index is 1190. The average molecular weight is 491 g/mol. The molecule has 196 valence electrons. The second-order valence-corrected chi connectivity index (χ2v) is 13.1. The van der Waals surface area contributed by atoms with Crippen molar-refractivity contribution in [1.82, 2.24) is 4.57 Å². The molecule has 0 saturated heterocycles. The zero-order valence-electron chi connectivity index (χ0n) is 23.3. The van der Waals surface area contributed by atoms with Crippen molar-refractivity contribution >= 4 is 22.5 Å². The first-order chi connectivity index (χ1) is 17.0. The van der Waals surface area contributed by atoms with Gasteiger partial charge in [0.05, 0.1) is 6.10 Å². The van der Waals surface area contributed by atoms with Gasteiger partial charge in [-0.15, -0.1) is 0 Å². The van der Waals surface area contributed by atoms with E-state index < -0.39 is 0 Å². The Morgan fingerprint density at radius 3 is 2.67 bits per heavy atom. The van der Waals surface area contributed by atoms with E-state index in [-0.39, 0.29) is 17.4 Å². The number of hydrogen-bond donors (Lipinski definition) is 2. The number of benzene rings is 1. The Kier molecular flexibility index (Phi) is 6.64. The molecule has 1 heterocycles. The molecule has 0 radical (unpaired) electrons. The fourth-order valence-electron chi connectivity index (χ4n) is 8.71. The summed E-state index contributed by atoms with van der Waals surface area (Å²) in [6.45, 7) is 11.6. The van der Waals surface area contributed by atoms with E-state index in [4.69, 9.17) is 0 Å². The number of aliphatic hydroxyl groups excluding tert-OH is 1. The van der Waals surface area contributed by atoms with E-state index in [2.05, 4.69) is 69.9 Å². The number of nitrogens with zero attached hydrogens (tertiary/aromatic N) is 1. The molecule has 1 amide bonds. The number of aromatic nitrogens is 1. The molecule has 2 saturated carbocycles. The molecule has 0 bridgehead atoms. The van der Waals surface area contributed by atoms with Crippen LogP contribution in [-0.2, 0) is 11.8 Å². The summed E-state index contributed by atoms with van der Waals surface area (Å²) in [4.78, 5) is 12.9. The molecule has 0 aliphatic heterocycles. The number of aliphatic hydroxyl groups is 1. The van der Waals surface area contributed by atoms with Crippen LogP contribution in [0, 0.1) is 35.5 Å². The Balaban J connectivity index is 1.23. The molecule has 36 heavy (non-hydrogen) atoms. The molecule has 2 fully saturated rings. The Labute approximate surface area is 217 Å². The number of hydrogen-bond acceptors (Lipinski definition) is 2. The highest BCUT2D eigenvalue weighted by Gasteiger charge is 2.58. The molecule has 0 unspecified atom stereocenters. The molecule has 2 N–H and O–H groups in total. The number of allylic oxidation sites excluding steroid dienone is 2. The Morgan fingerprint density at radius 2 is 1.89 bits per heavy atom. The van der Waals surface area contributed by atoms with Crippen molar-refractivity contribution in [3.8, 4) is 0 Å². The van der Waals surface area contributed by atoms with Crippen LogP contribution in [0.15, 0.2) is 35.5 Å². The largest absolute Gasteiger partial charge is 0.393 e. The summed E-state index contributed by atoms with van der Waals surface area (Å²) in [5, 5.41) is 15.2. The number of carbonyl (C=O) groups excluding carboxylic acids is 1. The SMILES string of the molecule is CC1=C(CCCC(=O)Nc2ccc3c(ccn3C)c2C)[C@@H]2CC[C@H]3C(C)(C)[C@@H](O)CC[C@]3(C)[C@H]2CC1. The van der Waals surface area contributed by atoms with E-state index in [1.165, 1.54) is 36.6 Å². The molecule has 3 aliphatic carbocycles. The molecule has 0 spiro atoms. The molecule has 4 heteroatoms. The van der Waals surface area contributed by atoms with Crippen LogP contribution in [-0.4, -0.2) is 21.7 Å². The van der Waals surface area contributed by atoms with E-state index in [9.17, 15) is 9.90 Å². The Morgan fingerprint density at radius 1 is 1.11 bits per heavy atom. The number of amides is 1. The third kappa shape index (κ3) is 4.14. The maximum atomic E-state index is 12.9. The lowest BCUT2D eigenvalue weighted by Crippen LogP contribution is -2.56. The number of nitrogens with one attached hydrogen (secondary N) is 1. The van der Waals surface area contributed by atoms with Crippen LogP contribution in [0.2, 0.25) is 0 Å². The predicted octanol–water partition coefficient (Wildman–Crippen LogP) is 7.54. The van der Waals surface area contributed by atoms with E-state index in [1.54, 1.807) is 11.1 Å². The Hall–Kier alpha value is -2.07. The molecule has 4 nitrogen and oxygen atoms in total. The van der Waals surface area contributed by atoms with Crippen LogP contribution in [0.25, 0.3) is 10.9 Å². The minimum absolute atomic E-state index is 0.00726. The minimum Gasteiger partial charge on any atom is -0.393 e. The number of rotatable bonds is 5. The van der Waals surface area contributed by atoms with Gasteiger partial charge in [0.15, 0.2) is 0 Å². The summed E-state index contributed by atoms with van der Waals surface area (Å²) in [5.41, 5.74) is 6.83. The lowest BCUT2D eigenvalue weighted by molar-refractivity contribution is -0.149. The molecular formula is C32H46N2O2. The van der Waals surface area contributed by atoms with Gasteiger partial charge in [-0.3, -0.25) is 4.79 Å². The van der Waals surface area contributed by atoms with Gasteiger partial charge in [-0.2, -0.15) is 0 Å². The van der Waals surface area contributed by atoms with Crippen molar-refractivity contribution < 1.29 is 9.90 Å². The van der Waals surface area contributed by atoms with Gasteiger partial charge in [-0.1, -0.05) is 31.9 Å². The first kappa shape index (κ1) is 25.6. The monoisotopic (exact) mass is 490 g/mol. The van der Waals surface area contributed by atoms with Gasteiger partial charge in [0.1, 0.15) is 0 Å². The summed E-state index contributed by atoms with van der Waals surface area (Å²) < 4.78 is 2.12. The van der Waals surface area contributed by atoms with Crippen molar-refractivity contribution in [2.75, 3.05) is 5.32 Å². The fourth-order valence-corrected chi connectivity index (χ4v) is 8.71. The van der Waals surface area contributed by atoms with Gasteiger partial charge in [0.2, 0.25) is 5.91 Å². The predicted molar refractivity (Wildman–Crippen MR) is 149 cm³/mol. The standard InChI is InChI=1S/C32H46N2O2/c1-20-10-12-25-24(11-15-28-31(3,4)29(35)16-18-32(25,28)5)22(20)8-7-9-30(36)33-26-13-14-27-23(21(26)2)17-19-34(27)6/h13-14,17,19,24-25,28-29,35H,7-12,15-16,18H2,1-6H3,(H,33,36)/t24-,25-,28-,29-,32+/m0/s1. The van der Waals surface area contributed by atoms with E-state index in [0.717, 1.165) is 42.9 Å². The highest BCUT2D eigenvalue weighted by Crippen LogP contribution is 2.64. The lowest BCUT2D eigenvalue weighted by Gasteiger charge is -2.62. The molecule has 1 aromatic carbocycles. The smallest absolute Gasteiger partial charge is 0.224 e. The second-order valence-electron chi connectivity index (χ2n) is 13.1. The van der Waals surface area contributed by atoms with E-state index in [0.29, 0.717) is 23.7 Å². The summed E-state index contributed by atoms with van der Waals surface area (Å²) in [6, 6.07) is 6.25. The molecular weight excluding hydrogens is 444 g/mol. The van der Waals surface area contributed by atoms with Crippen molar-refractivity contribution in [3.05, 3.63) is 41.1 Å². The lowest BCUT2D eigenvalue weighted by atomic mass is 9.43. The van der Waals surface area contributed by atoms with E-state index >= 15 is 0 Å². The normalized spacial score (nSPS) is 31.8. The van der Waals surface area contributed by atoms with E-state index in [1.807, 2.05) is 6.07 Å². The summed E-state index contributed by atoms with van der Waals surface area (Å²) in [5.74, 6) is 2.11. The van der Waals surface area contributed by atoms with Crippen LogP contribution in [0.4, 0.5) is 5.69 Å². The number of carbonyl (C=O) groups is 1. The second kappa shape index (κ2) is 9.35. The van der Waals surface area contributed by atoms with Gasteiger partial charge >= 0.3 is 0 Å². The number of anilines is 1. The quantitative estimate of drug-likeness (QED) is 0.426. The van der Waals surface area contributed by atoms with Gasteiger partial charge in [0.25, 0.3) is 0 Å². The van der Waals surface area contributed by atoms with Crippen molar-refractivity contribution in [2.24, 2.45) is 35.6 Å². The van der Waals surface area contributed by atoms with Crippen molar-refractivity contribution in [2.45, 2.75) is 98.5 Å². The van der Waals surface area contributed by atoms with Crippen LogP contribution in [0.1, 0.15) is 91.0 Å². The molecule has 1 aromatic heterocycles. The third-order valence-corrected chi connectivity index (χ3v) is 10.9. The minimum atomic E-state index is -0.169. The summed E-state index contributed by atoms with van der Waals surface area (Å²) >= 11 is 0. The third-order valence-electron chi connectivity index (χ3n) is 10.9.